The van der Waals surface area contributed by atoms with E-state index in [1.54, 1.807) is 7.11 Å². The molecule has 0 aromatic heterocycles. The number of aryl methyl sites for hydroxylation is 1. The van der Waals surface area contributed by atoms with Crippen LogP contribution in [0, 0.1) is 6.92 Å². The lowest BCUT2D eigenvalue weighted by molar-refractivity contribution is 0.409. The molecule has 0 spiro atoms. The van der Waals surface area contributed by atoms with Crippen molar-refractivity contribution in [2.24, 2.45) is 5.73 Å². The first-order chi connectivity index (χ1) is 5.65. The van der Waals surface area contributed by atoms with Gasteiger partial charge in [0.15, 0.2) is 0 Å². The number of hydrogen-bond acceptors (Lipinski definition) is 3. The van der Waals surface area contributed by atoms with Gasteiger partial charge < -0.3 is 10.5 Å². The van der Waals surface area contributed by atoms with Crippen LogP contribution in [0.5, 0.6) is 5.75 Å². The Labute approximate surface area is 78.1 Å². The van der Waals surface area contributed by atoms with E-state index in [0.717, 1.165) is 16.9 Å². The third-order valence-electron chi connectivity index (χ3n) is 1.70. The molecule has 1 atom stereocenters. The molecule has 66 valence electrons. The number of rotatable bonds is 2. The Morgan fingerprint density at radius 1 is 1.50 bits per heavy atom. The number of benzene rings is 1. The molecule has 0 amide bonds. The molecular weight excluding hydrogens is 170 g/mol. The average molecular weight is 183 g/mol. The molecular formula is C9H13NOS. The zero-order valence-electron chi connectivity index (χ0n) is 7.24. The highest BCUT2D eigenvalue weighted by molar-refractivity contribution is 7.80. The van der Waals surface area contributed by atoms with E-state index in [2.05, 4.69) is 12.6 Å². The molecule has 1 aromatic carbocycles. The molecule has 1 aromatic rings. The summed E-state index contributed by atoms with van der Waals surface area (Å²) in [5.74, 6) is 0.795. The largest absolute Gasteiger partial charge is 0.496 e. The molecule has 0 saturated heterocycles. The maximum Gasteiger partial charge on any atom is 0.124 e. The average Bonchev–Trinajstić information content (AvgIpc) is 2.04. The molecule has 3 heteroatoms. The highest BCUT2D eigenvalue weighted by Gasteiger charge is 2.07. The minimum absolute atomic E-state index is 0.278. The van der Waals surface area contributed by atoms with Crippen LogP contribution in [-0.2, 0) is 0 Å². The van der Waals surface area contributed by atoms with Crippen molar-refractivity contribution in [1.82, 2.24) is 0 Å². The first-order valence-corrected chi connectivity index (χ1v) is 4.25. The topological polar surface area (TPSA) is 35.2 Å². The number of methoxy groups -OCH3 is 1. The summed E-state index contributed by atoms with van der Waals surface area (Å²) in [5.41, 5.74) is 7.74. The number of thiol groups is 1. The van der Waals surface area contributed by atoms with E-state index in [1.165, 1.54) is 0 Å². The van der Waals surface area contributed by atoms with Crippen LogP contribution in [0.15, 0.2) is 18.2 Å². The van der Waals surface area contributed by atoms with Crippen LogP contribution in [0.25, 0.3) is 0 Å². The van der Waals surface area contributed by atoms with Gasteiger partial charge in [-0.25, -0.2) is 0 Å². The fourth-order valence-electron chi connectivity index (χ4n) is 1.08. The second kappa shape index (κ2) is 3.83. The monoisotopic (exact) mass is 183 g/mol. The number of hydrogen-bond donors (Lipinski definition) is 2. The molecule has 0 fully saturated rings. The normalized spacial score (nSPS) is 12.7. The van der Waals surface area contributed by atoms with Crippen molar-refractivity contribution in [3.05, 3.63) is 29.3 Å². The Morgan fingerprint density at radius 3 is 2.67 bits per heavy atom. The molecule has 1 rings (SSSR count). The van der Waals surface area contributed by atoms with Crippen molar-refractivity contribution < 1.29 is 4.74 Å². The van der Waals surface area contributed by atoms with Gasteiger partial charge in [-0.2, -0.15) is 12.6 Å². The highest BCUT2D eigenvalue weighted by Crippen LogP contribution is 2.26. The third kappa shape index (κ3) is 1.93. The fourth-order valence-corrected chi connectivity index (χ4v) is 1.29. The maximum absolute atomic E-state index is 5.64. The van der Waals surface area contributed by atoms with E-state index in [1.807, 2.05) is 25.1 Å². The number of nitrogens with two attached hydrogens (primary N) is 1. The molecule has 0 bridgehead atoms. The molecule has 1 unspecified atom stereocenters. The zero-order chi connectivity index (χ0) is 9.14. The van der Waals surface area contributed by atoms with E-state index in [4.69, 9.17) is 10.5 Å². The first-order valence-electron chi connectivity index (χ1n) is 3.73. The Hall–Kier alpha value is -0.670. The summed E-state index contributed by atoms with van der Waals surface area (Å²) >= 11 is 4.16. The molecule has 2 N–H and O–H groups in total. The van der Waals surface area contributed by atoms with Crippen molar-refractivity contribution in [3.8, 4) is 5.75 Å². The first kappa shape index (κ1) is 9.42. The second-order valence-electron chi connectivity index (χ2n) is 2.69. The quantitative estimate of drug-likeness (QED) is 0.542. The van der Waals surface area contributed by atoms with Gasteiger partial charge >= 0.3 is 0 Å². The molecule has 0 aliphatic rings. The Kier molecular flexibility index (Phi) is 3.00. The summed E-state index contributed by atoms with van der Waals surface area (Å²) in [6.07, 6.45) is 0. The minimum atomic E-state index is -0.278. The van der Waals surface area contributed by atoms with Crippen molar-refractivity contribution in [3.63, 3.8) is 0 Å². The Bertz CT molecular complexity index is 273. The van der Waals surface area contributed by atoms with Crippen molar-refractivity contribution in [1.29, 1.82) is 0 Å². The molecule has 0 radical (unpaired) electrons. The Morgan fingerprint density at radius 2 is 2.17 bits per heavy atom. The molecule has 12 heavy (non-hydrogen) atoms. The van der Waals surface area contributed by atoms with Crippen LogP contribution >= 0.6 is 12.6 Å². The van der Waals surface area contributed by atoms with Crippen LogP contribution in [0.2, 0.25) is 0 Å². The van der Waals surface area contributed by atoms with Crippen LogP contribution in [0.1, 0.15) is 16.5 Å². The van der Waals surface area contributed by atoms with Crippen molar-refractivity contribution in [2.45, 2.75) is 12.3 Å². The predicted molar refractivity (Wildman–Crippen MR) is 53.6 cm³/mol. The summed E-state index contributed by atoms with van der Waals surface area (Å²) in [6, 6.07) is 5.87. The third-order valence-corrected chi connectivity index (χ3v) is 1.98. The summed E-state index contributed by atoms with van der Waals surface area (Å²) in [7, 11) is 1.63. The van der Waals surface area contributed by atoms with E-state index in [9.17, 15) is 0 Å². The van der Waals surface area contributed by atoms with Gasteiger partial charge in [-0.05, 0) is 19.1 Å². The summed E-state index contributed by atoms with van der Waals surface area (Å²) in [4.78, 5) is 0. The van der Waals surface area contributed by atoms with Gasteiger partial charge in [0, 0.05) is 5.56 Å². The van der Waals surface area contributed by atoms with Crippen LogP contribution in [-0.4, -0.2) is 7.11 Å². The Balaban J connectivity index is 3.12. The van der Waals surface area contributed by atoms with E-state index in [0.29, 0.717) is 0 Å². The highest BCUT2D eigenvalue weighted by atomic mass is 32.1. The molecule has 0 saturated carbocycles. The standard InChI is InChI=1S/C9H13NOS/c1-6-3-4-8(11-2)7(5-6)9(10)12/h3-5,9,12H,10H2,1-2H3. The van der Waals surface area contributed by atoms with E-state index < -0.39 is 0 Å². The lowest BCUT2D eigenvalue weighted by Crippen LogP contribution is -2.04. The van der Waals surface area contributed by atoms with Gasteiger partial charge in [0.1, 0.15) is 5.75 Å². The molecule has 2 nitrogen and oxygen atoms in total. The van der Waals surface area contributed by atoms with Crippen LogP contribution in [0.4, 0.5) is 0 Å². The summed E-state index contributed by atoms with van der Waals surface area (Å²) in [6.45, 7) is 2.01. The smallest absolute Gasteiger partial charge is 0.124 e. The SMILES string of the molecule is COc1ccc(C)cc1C(N)S. The summed E-state index contributed by atoms with van der Waals surface area (Å²) in [5, 5.41) is -0.278. The van der Waals surface area contributed by atoms with Gasteiger partial charge in [-0.15, -0.1) is 0 Å². The van der Waals surface area contributed by atoms with Crippen LogP contribution in [0.3, 0.4) is 0 Å². The van der Waals surface area contributed by atoms with Gasteiger partial charge in [-0.3, -0.25) is 0 Å². The second-order valence-corrected chi connectivity index (χ2v) is 3.25. The van der Waals surface area contributed by atoms with Crippen molar-refractivity contribution >= 4 is 12.6 Å². The van der Waals surface area contributed by atoms with Gasteiger partial charge in [0.2, 0.25) is 0 Å². The molecule has 0 aliphatic heterocycles. The lowest BCUT2D eigenvalue weighted by Gasteiger charge is -2.11. The predicted octanol–water partition coefficient (Wildman–Crippen LogP) is 1.89. The zero-order valence-corrected chi connectivity index (χ0v) is 8.14. The van der Waals surface area contributed by atoms with Gasteiger partial charge in [0.05, 0.1) is 12.5 Å². The summed E-state index contributed by atoms with van der Waals surface area (Å²) < 4.78 is 5.13. The number of ether oxygens (including phenoxy) is 1. The van der Waals surface area contributed by atoms with E-state index >= 15 is 0 Å². The van der Waals surface area contributed by atoms with Crippen LogP contribution < -0.4 is 10.5 Å². The molecule has 0 aliphatic carbocycles. The van der Waals surface area contributed by atoms with Gasteiger partial charge in [0.25, 0.3) is 0 Å². The van der Waals surface area contributed by atoms with Crippen molar-refractivity contribution in [2.75, 3.05) is 7.11 Å². The fraction of sp³-hybridized carbons (Fsp3) is 0.333. The van der Waals surface area contributed by atoms with E-state index in [-0.39, 0.29) is 5.37 Å². The lowest BCUT2D eigenvalue weighted by atomic mass is 10.1. The van der Waals surface area contributed by atoms with Gasteiger partial charge in [-0.1, -0.05) is 11.6 Å². The molecule has 0 heterocycles. The maximum atomic E-state index is 5.64. The minimum Gasteiger partial charge on any atom is -0.496 e.